The molecule has 1 aromatic carbocycles. The van der Waals surface area contributed by atoms with Gasteiger partial charge in [0.2, 0.25) is 0 Å². The molecule has 0 atom stereocenters. The Labute approximate surface area is 131 Å². The molecule has 0 unspecified atom stereocenters. The molecule has 0 aliphatic heterocycles. The molecule has 0 spiro atoms. The van der Waals surface area contributed by atoms with Crippen molar-refractivity contribution in [1.82, 2.24) is 5.32 Å². The van der Waals surface area contributed by atoms with Gasteiger partial charge in [0.05, 0.1) is 0 Å². The summed E-state index contributed by atoms with van der Waals surface area (Å²) in [5.41, 5.74) is 4.18. The summed E-state index contributed by atoms with van der Waals surface area (Å²) >= 11 is 0. The summed E-state index contributed by atoms with van der Waals surface area (Å²) in [7, 11) is 0. The van der Waals surface area contributed by atoms with Gasteiger partial charge in [0.1, 0.15) is 0 Å². The first kappa shape index (κ1) is 18.0. The fourth-order valence-electron chi connectivity index (χ4n) is 2.74. The quantitative estimate of drug-likeness (QED) is 0.668. The van der Waals surface area contributed by atoms with Crippen molar-refractivity contribution in [2.45, 2.75) is 54.5 Å². The van der Waals surface area contributed by atoms with Crippen LogP contribution in [-0.2, 0) is 6.54 Å². The number of hydrogen-bond donors (Lipinski definition) is 1. The summed E-state index contributed by atoms with van der Waals surface area (Å²) < 4.78 is 0. The number of nitrogens with zero attached hydrogens (tertiary/aromatic N) is 1. The van der Waals surface area contributed by atoms with Crippen molar-refractivity contribution in [3.63, 3.8) is 0 Å². The van der Waals surface area contributed by atoms with Crippen molar-refractivity contribution in [2.24, 2.45) is 11.8 Å². The predicted molar refractivity (Wildman–Crippen MR) is 95.1 cm³/mol. The van der Waals surface area contributed by atoms with E-state index in [0.29, 0.717) is 11.8 Å². The molecule has 1 aromatic rings. The molecule has 1 N–H and O–H groups in total. The van der Waals surface area contributed by atoms with E-state index >= 15 is 0 Å². The maximum atomic E-state index is 3.48. The van der Waals surface area contributed by atoms with Crippen LogP contribution in [0.25, 0.3) is 0 Å². The van der Waals surface area contributed by atoms with Gasteiger partial charge in [-0.15, -0.1) is 0 Å². The molecule has 1 rings (SSSR count). The summed E-state index contributed by atoms with van der Waals surface area (Å²) in [6.45, 7) is 18.0. The van der Waals surface area contributed by atoms with E-state index < -0.39 is 0 Å². The van der Waals surface area contributed by atoms with Gasteiger partial charge < -0.3 is 10.2 Å². The fraction of sp³-hybridized carbons (Fsp3) is 0.684. The van der Waals surface area contributed by atoms with Crippen molar-refractivity contribution < 1.29 is 0 Å². The molecule has 0 aliphatic carbocycles. The normalized spacial score (nSPS) is 11.4. The molecule has 0 aromatic heterocycles. The second-order valence-corrected chi connectivity index (χ2v) is 6.99. The molecule has 0 aliphatic rings. The van der Waals surface area contributed by atoms with E-state index in [2.05, 4.69) is 70.0 Å². The Morgan fingerprint density at radius 2 is 1.67 bits per heavy atom. The Bertz CT molecular complexity index is 400. The average Bonchev–Trinajstić information content (AvgIpc) is 2.37. The highest BCUT2D eigenvalue weighted by molar-refractivity contribution is 5.54. The maximum Gasteiger partial charge on any atom is 0.0396 e. The monoisotopic (exact) mass is 290 g/mol. The second-order valence-electron chi connectivity index (χ2n) is 6.99. The van der Waals surface area contributed by atoms with Crippen LogP contribution < -0.4 is 10.2 Å². The molecule has 0 saturated heterocycles. The lowest BCUT2D eigenvalue weighted by molar-refractivity contribution is 0.552. The molecular weight excluding hydrogens is 256 g/mol. The third-order valence-electron chi connectivity index (χ3n) is 3.53. The Morgan fingerprint density at radius 1 is 1.05 bits per heavy atom. The number of aryl methyl sites for hydroxylation is 1. The Morgan fingerprint density at radius 3 is 2.14 bits per heavy atom. The molecule has 0 amide bonds. The lowest BCUT2D eigenvalue weighted by Gasteiger charge is -2.30. The molecular formula is C19H34N2. The predicted octanol–water partition coefficient (Wildman–Crippen LogP) is 4.61. The molecule has 0 saturated carbocycles. The minimum atomic E-state index is 0.689. The third kappa shape index (κ3) is 6.52. The van der Waals surface area contributed by atoms with Gasteiger partial charge in [-0.3, -0.25) is 0 Å². The van der Waals surface area contributed by atoms with Crippen LogP contribution in [0.2, 0.25) is 0 Å². The van der Waals surface area contributed by atoms with Crippen molar-refractivity contribution in [2.75, 3.05) is 24.5 Å². The zero-order chi connectivity index (χ0) is 15.8. The first-order valence-electron chi connectivity index (χ1n) is 8.49. The van der Waals surface area contributed by atoms with Crippen molar-refractivity contribution in [3.8, 4) is 0 Å². The summed E-state index contributed by atoms with van der Waals surface area (Å²) in [5.74, 6) is 1.38. The highest BCUT2D eigenvalue weighted by atomic mass is 15.1. The van der Waals surface area contributed by atoms with Crippen molar-refractivity contribution in [3.05, 3.63) is 29.3 Å². The van der Waals surface area contributed by atoms with E-state index in [4.69, 9.17) is 0 Å². The molecule has 0 radical (unpaired) electrons. The highest BCUT2D eigenvalue weighted by Crippen LogP contribution is 2.23. The van der Waals surface area contributed by atoms with Crippen LogP contribution in [0.4, 0.5) is 5.69 Å². The second kappa shape index (κ2) is 9.09. The van der Waals surface area contributed by atoms with Crippen LogP contribution in [-0.4, -0.2) is 19.6 Å². The fourth-order valence-corrected chi connectivity index (χ4v) is 2.74. The number of nitrogens with one attached hydrogen (secondary N) is 1. The van der Waals surface area contributed by atoms with Gasteiger partial charge >= 0.3 is 0 Å². The summed E-state index contributed by atoms with van der Waals surface area (Å²) in [6, 6.07) is 6.92. The van der Waals surface area contributed by atoms with Crippen LogP contribution in [0.15, 0.2) is 18.2 Å². The average molecular weight is 290 g/mol. The zero-order valence-electron chi connectivity index (χ0n) is 14.9. The zero-order valence-corrected chi connectivity index (χ0v) is 14.9. The first-order chi connectivity index (χ1) is 9.93. The van der Waals surface area contributed by atoms with E-state index in [0.717, 1.165) is 26.2 Å². The van der Waals surface area contributed by atoms with Crippen molar-refractivity contribution in [1.29, 1.82) is 0 Å². The van der Waals surface area contributed by atoms with Gasteiger partial charge in [0, 0.05) is 25.3 Å². The summed E-state index contributed by atoms with van der Waals surface area (Å²) in [4.78, 5) is 2.55. The molecule has 2 nitrogen and oxygen atoms in total. The van der Waals surface area contributed by atoms with E-state index in [1.165, 1.54) is 23.2 Å². The molecule has 0 heterocycles. The number of rotatable bonds is 9. The standard InChI is InChI=1S/C19H34N2/c1-7-10-20-12-18-8-9-19(17(6)11-18)21(13-15(2)3)14-16(4)5/h8-9,11,15-16,20H,7,10,12-14H2,1-6H3. The van der Waals surface area contributed by atoms with E-state index in [1.54, 1.807) is 0 Å². The van der Waals surface area contributed by atoms with Gasteiger partial charge in [-0.05, 0) is 48.9 Å². The minimum absolute atomic E-state index is 0.689. The van der Waals surface area contributed by atoms with Gasteiger partial charge in [-0.1, -0.05) is 46.8 Å². The minimum Gasteiger partial charge on any atom is -0.371 e. The molecule has 0 bridgehead atoms. The van der Waals surface area contributed by atoms with Crippen LogP contribution >= 0.6 is 0 Å². The Hall–Kier alpha value is -1.02. The lowest BCUT2D eigenvalue weighted by Crippen LogP contribution is -2.31. The third-order valence-corrected chi connectivity index (χ3v) is 3.53. The Balaban J connectivity index is 2.83. The molecule has 120 valence electrons. The van der Waals surface area contributed by atoms with E-state index in [1.807, 2.05) is 0 Å². The molecule has 0 fully saturated rings. The summed E-state index contributed by atoms with van der Waals surface area (Å²) in [6.07, 6.45) is 1.19. The largest absolute Gasteiger partial charge is 0.371 e. The maximum absolute atomic E-state index is 3.48. The van der Waals surface area contributed by atoms with Crippen LogP contribution in [0, 0.1) is 18.8 Å². The smallest absolute Gasteiger partial charge is 0.0396 e. The van der Waals surface area contributed by atoms with Crippen molar-refractivity contribution >= 4 is 5.69 Å². The topological polar surface area (TPSA) is 15.3 Å². The van der Waals surface area contributed by atoms with Gasteiger partial charge in [-0.2, -0.15) is 0 Å². The van der Waals surface area contributed by atoms with E-state index in [-0.39, 0.29) is 0 Å². The van der Waals surface area contributed by atoms with Gasteiger partial charge in [0.15, 0.2) is 0 Å². The summed E-state index contributed by atoms with van der Waals surface area (Å²) in [5, 5.41) is 3.48. The lowest BCUT2D eigenvalue weighted by atomic mass is 10.1. The highest BCUT2D eigenvalue weighted by Gasteiger charge is 2.13. The van der Waals surface area contributed by atoms with Gasteiger partial charge in [0.25, 0.3) is 0 Å². The van der Waals surface area contributed by atoms with Crippen LogP contribution in [0.1, 0.15) is 52.2 Å². The van der Waals surface area contributed by atoms with Crippen LogP contribution in [0.5, 0.6) is 0 Å². The number of anilines is 1. The Kier molecular flexibility index (Phi) is 7.81. The van der Waals surface area contributed by atoms with E-state index in [9.17, 15) is 0 Å². The number of hydrogen-bond acceptors (Lipinski definition) is 2. The molecule has 21 heavy (non-hydrogen) atoms. The number of benzene rings is 1. The van der Waals surface area contributed by atoms with Gasteiger partial charge in [-0.25, -0.2) is 0 Å². The van der Waals surface area contributed by atoms with Crippen LogP contribution in [0.3, 0.4) is 0 Å². The first-order valence-corrected chi connectivity index (χ1v) is 8.49. The molecule has 2 heteroatoms. The SMILES string of the molecule is CCCNCc1ccc(N(CC(C)C)CC(C)C)c(C)c1.